The van der Waals surface area contributed by atoms with Crippen molar-refractivity contribution >= 4 is 35.6 Å². The van der Waals surface area contributed by atoms with Gasteiger partial charge in [-0.05, 0) is 58.6 Å². The summed E-state index contributed by atoms with van der Waals surface area (Å²) in [6, 6.07) is 0. The molecule has 0 amide bonds. The first-order valence-corrected chi connectivity index (χ1v) is 14.8. The molecule has 5 rings (SSSR count). The van der Waals surface area contributed by atoms with Crippen molar-refractivity contribution < 1.29 is 62.3 Å². The summed E-state index contributed by atoms with van der Waals surface area (Å²) in [5.41, 5.74) is -10.6. The summed E-state index contributed by atoms with van der Waals surface area (Å²) in [6.07, 6.45) is -6.78. The van der Waals surface area contributed by atoms with Gasteiger partial charge in [0.1, 0.15) is 46.9 Å². The number of rotatable bonds is 5. The summed E-state index contributed by atoms with van der Waals surface area (Å²) in [5.74, 6) is -6.12. The first-order chi connectivity index (χ1) is 20.7. The summed E-state index contributed by atoms with van der Waals surface area (Å²) in [6.45, 7) is 18.8. The van der Waals surface area contributed by atoms with Crippen molar-refractivity contribution in [2.24, 2.45) is 22.2 Å². The number of fused-ring (bicyclic) bond motifs is 2. The Morgan fingerprint density at radius 2 is 1.58 bits per heavy atom. The third kappa shape index (κ3) is 3.62. The minimum atomic E-state index is -2.06. The van der Waals surface area contributed by atoms with Crippen LogP contribution in [0.3, 0.4) is 0 Å². The van der Waals surface area contributed by atoms with Gasteiger partial charge in [0.2, 0.25) is 0 Å². The lowest BCUT2D eigenvalue weighted by Crippen LogP contribution is -2.86. The summed E-state index contributed by atoms with van der Waals surface area (Å²) in [5, 5.41) is 10.9. The predicted octanol–water partition coefficient (Wildman–Crippen LogP) is 1.67. The van der Waals surface area contributed by atoms with E-state index in [2.05, 4.69) is 13.2 Å². The minimum Gasteiger partial charge on any atom is -0.461 e. The monoisotopic (exact) mass is 632 g/mol. The summed E-state index contributed by atoms with van der Waals surface area (Å²) in [4.78, 5) is 79.3. The number of hydrogen-bond donors (Lipinski definition) is 1. The molecule has 0 aromatic carbocycles. The third-order valence-electron chi connectivity index (χ3n) is 11.5. The Kier molecular flexibility index (Phi) is 7.08. The maximum atomic E-state index is 14.4. The second-order valence-electron chi connectivity index (χ2n) is 13.8. The van der Waals surface area contributed by atoms with Gasteiger partial charge in [-0.25, -0.2) is 4.79 Å². The quantitative estimate of drug-likeness (QED) is 0.200. The number of aliphatic hydroxyl groups is 1. The van der Waals surface area contributed by atoms with Crippen molar-refractivity contribution in [3.05, 3.63) is 24.3 Å². The Morgan fingerprint density at radius 1 is 0.956 bits per heavy atom. The molecule has 2 spiro atoms. The molecule has 3 saturated heterocycles. The number of carbonyl (C=O) groups excluding carboxylic acids is 6. The Morgan fingerprint density at radius 3 is 2.13 bits per heavy atom. The van der Waals surface area contributed by atoms with Gasteiger partial charge in [-0.3, -0.25) is 24.0 Å². The summed E-state index contributed by atoms with van der Waals surface area (Å²) >= 11 is 0. The number of ketones is 1. The average molecular weight is 633 g/mol. The molecule has 13 nitrogen and oxygen atoms in total. The topological polar surface area (TPSA) is 178 Å². The Labute approximate surface area is 260 Å². The number of aliphatic hydroxyl groups excluding tert-OH is 1. The standard InChI is InChI=1S/C32H40O13/c1-14(33)11-21(36)43-20-13-30(12-19(35)23(37)44-27(30,6)7)17(4)32(40-10)25(42-18(5)34)28(8)16(3)31(29(20,32)9)22(24(38)45-28)15(2)41-26(31)39/h15,19-20,22,25,35H,3-4,11-13H2,1-2,5-10H3/t15-,19?,20-,22?,25-,28+,29-,30+,31+,32?/m0/s1. The fourth-order valence-electron chi connectivity index (χ4n) is 9.45. The maximum Gasteiger partial charge on any atom is 0.335 e. The highest BCUT2D eigenvalue weighted by Crippen LogP contribution is 2.78. The average Bonchev–Trinajstić information content (AvgIpc) is 3.18. The zero-order chi connectivity index (χ0) is 33.9. The highest BCUT2D eigenvalue weighted by Gasteiger charge is 2.91. The van der Waals surface area contributed by atoms with Crippen LogP contribution in [0.15, 0.2) is 24.3 Å². The van der Waals surface area contributed by atoms with Crippen LogP contribution in [0.1, 0.15) is 67.7 Å². The molecule has 3 aliphatic heterocycles. The van der Waals surface area contributed by atoms with Gasteiger partial charge in [0, 0.05) is 19.4 Å². The van der Waals surface area contributed by atoms with E-state index in [0.29, 0.717) is 0 Å². The fraction of sp³-hybridized carbons (Fsp3) is 0.688. The van der Waals surface area contributed by atoms with E-state index in [0.717, 1.165) is 6.92 Å². The second-order valence-corrected chi connectivity index (χ2v) is 13.8. The highest BCUT2D eigenvalue weighted by atomic mass is 16.6. The third-order valence-corrected chi connectivity index (χ3v) is 11.5. The van der Waals surface area contributed by atoms with Crippen molar-refractivity contribution in [1.29, 1.82) is 0 Å². The smallest absolute Gasteiger partial charge is 0.335 e. The van der Waals surface area contributed by atoms with Crippen LogP contribution in [0.25, 0.3) is 0 Å². The van der Waals surface area contributed by atoms with Gasteiger partial charge in [-0.15, -0.1) is 0 Å². The van der Waals surface area contributed by atoms with Crippen molar-refractivity contribution in [3.63, 3.8) is 0 Å². The number of methoxy groups -OCH3 is 1. The van der Waals surface area contributed by atoms with E-state index in [1.807, 2.05) is 0 Å². The van der Waals surface area contributed by atoms with Crippen LogP contribution in [0.2, 0.25) is 0 Å². The lowest BCUT2D eigenvalue weighted by atomic mass is 9.33. The molecule has 13 heteroatoms. The Balaban J connectivity index is 1.94. The van der Waals surface area contributed by atoms with Gasteiger partial charge in [-0.2, -0.15) is 0 Å². The molecule has 0 aromatic heterocycles. The molecule has 2 aliphatic carbocycles. The highest BCUT2D eigenvalue weighted by molar-refractivity contribution is 5.97. The van der Waals surface area contributed by atoms with E-state index in [4.69, 9.17) is 28.4 Å². The van der Waals surface area contributed by atoms with E-state index < -0.39 is 105 Å². The molecule has 3 unspecified atom stereocenters. The maximum absolute atomic E-state index is 14.4. The first kappa shape index (κ1) is 32.8. The van der Waals surface area contributed by atoms with E-state index in [-0.39, 0.29) is 24.0 Å². The molecule has 10 atom stereocenters. The largest absolute Gasteiger partial charge is 0.461 e. The molecule has 3 heterocycles. The summed E-state index contributed by atoms with van der Waals surface area (Å²) < 4.78 is 36.2. The van der Waals surface area contributed by atoms with Crippen LogP contribution in [-0.4, -0.2) is 89.1 Å². The van der Waals surface area contributed by atoms with Crippen LogP contribution in [0, 0.1) is 22.2 Å². The first-order valence-electron chi connectivity index (χ1n) is 14.8. The van der Waals surface area contributed by atoms with E-state index >= 15 is 0 Å². The second kappa shape index (κ2) is 9.71. The van der Waals surface area contributed by atoms with Gasteiger partial charge in [-0.1, -0.05) is 20.1 Å². The zero-order valence-electron chi connectivity index (χ0n) is 26.8. The zero-order valence-corrected chi connectivity index (χ0v) is 26.8. The van der Waals surface area contributed by atoms with Gasteiger partial charge in [0.25, 0.3) is 0 Å². The number of esters is 5. The van der Waals surface area contributed by atoms with E-state index in [1.165, 1.54) is 27.9 Å². The molecule has 246 valence electrons. The van der Waals surface area contributed by atoms with Gasteiger partial charge in [0.05, 0.1) is 5.41 Å². The van der Waals surface area contributed by atoms with E-state index in [1.54, 1.807) is 20.8 Å². The molecular formula is C32H40O13. The van der Waals surface area contributed by atoms with Crippen molar-refractivity contribution in [2.75, 3.05) is 7.11 Å². The fourth-order valence-corrected chi connectivity index (χ4v) is 9.45. The van der Waals surface area contributed by atoms with Crippen LogP contribution in [0.5, 0.6) is 0 Å². The SMILES string of the molecule is C=C1C2(OC)[C@@H](OC(C)=O)[C@]3(C)OC(=O)C4[C@H](C)OC(=O)[C@]4(C3=C)[C@]2(C)[C@@H](OC(=O)CC(C)=O)C[C@]12CC(O)C(=O)OC2(C)C. The van der Waals surface area contributed by atoms with Crippen LogP contribution < -0.4 is 0 Å². The Bertz CT molecular complexity index is 1460. The van der Waals surface area contributed by atoms with Crippen LogP contribution >= 0.6 is 0 Å². The number of Topliss-reactive ketones (excluding diaryl/α,β-unsaturated/α-hetero) is 1. The van der Waals surface area contributed by atoms with Crippen molar-refractivity contribution in [3.8, 4) is 0 Å². The lowest BCUT2D eigenvalue weighted by Gasteiger charge is -2.74. The number of cyclic esters (lactones) is 2. The molecule has 5 fully saturated rings. The molecule has 5 aliphatic rings. The minimum absolute atomic E-state index is 0.0427. The molecule has 2 saturated carbocycles. The number of ether oxygens (including phenoxy) is 6. The Hall–Kier alpha value is -3.58. The van der Waals surface area contributed by atoms with Crippen molar-refractivity contribution in [2.45, 2.75) is 109 Å². The van der Waals surface area contributed by atoms with Crippen molar-refractivity contribution in [1.82, 2.24) is 0 Å². The molecule has 1 N–H and O–H groups in total. The summed E-state index contributed by atoms with van der Waals surface area (Å²) in [7, 11) is 1.29. The van der Waals surface area contributed by atoms with Gasteiger partial charge < -0.3 is 33.5 Å². The van der Waals surface area contributed by atoms with E-state index in [9.17, 15) is 33.9 Å². The normalized spacial score (nSPS) is 44.6. The molecule has 2 bridgehead atoms. The lowest BCUT2D eigenvalue weighted by molar-refractivity contribution is -0.329. The van der Waals surface area contributed by atoms with Crippen LogP contribution in [0.4, 0.5) is 0 Å². The molecular weight excluding hydrogens is 592 g/mol. The molecule has 45 heavy (non-hydrogen) atoms. The molecule has 0 radical (unpaired) electrons. The molecule has 0 aromatic rings. The number of carbonyl (C=O) groups is 6. The number of hydrogen-bond acceptors (Lipinski definition) is 13. The van der Waals surface area contributed by atoms with Gasteiger partial charge in [0.15, 0.2) is 17.8 Å². The van der Waals surface area contributed by atoms with Gasteiger partial charge >= 0.3 is 29.8 Å². The van der Waals surface area contributed by atoms with Crippen LogP contribution in [-0.2, 0) is 57.2 Å². The predicted molar refractivity (Wildman–Crippen MR) is 151 cm³/mol.